The molecule has 28 heavy (non-hydrogen) atoms. The Morgan fingerprint density at radius 2 is 2.04 bits per heavy atom. The standard InChI is InChI=1S/C19H21N3O5S/c1-2-27-19(24)14-11-21(12-3-4-12)15-10-16(20-5-7-28-8-6-20)17(22(25)26)9-13(15)18(14)23/h9-12H,2-8H2,1H3. The largest absolute Gasteiger partial charge is 0.462 e. The molecule has 2 fully saturated rings. The molecule has 0 bridgehead atoms. The Morgan fingerprint density at radius 3 is 2.64 bits per heavy atom. The Bertz CT molecular complexity index is 1010. The molecule has 1 aliphatic carbocycles. The van der Waals surface area contributed by atoms with Crippen molar-refractivity contribution in [2.24, 2.45) is 0 Å². The molecule has 0 radical (unpaired) electrons. The van der Waals surface area contributed by atoms with Crippen molar-refractivity contribution in [2.45, 2.75) is 25.8 Å². The maximum absolute atomic E-state index is 12.9. The first-order valence-electron chi connectivity index (χ1n) is 9.38. The number of hydrogen-bond donors (Lipinski definition) is 0. The van der Waals surface area contributed by atoms with Crippen molar-refractivity contribution in [2.75, 3.05) is 36.1 Å². The van der Waals surface area contributed by atoms with Crippen LogP contribution in [0.4, 0.5) is 11.4 Å². The summed E-state index contributed by atoms with van der Waals surface area (Å²) < 4.78 is 6.92. The number of carbonyl (C=O) groups is 1. The topological polar surface area (TPSA) is 94.7 Å². The molecule has 9 heteroatoms. The number of nitrogens with zero attached hydrogens (tertiary/aromatic N) is 3. The van der Waals surface area contributed by atoms with Crippen molar-refractivity contribution in [3.63, 3.8) is 0 Å². The van der Waals surface area contributed by atoms with Crippen LogP contribution in [0.1, 0.15) is 36.2 Å². The molecule has 2 heterocycles. The number of carbonyl (C=O) groups excluding carboxylic acids is 1. The second-order valence-corrected chi connectivity index (χ2v) is 8.17. The number of ether oxygens (including phenoxy) is 1. The number of nitro benzene ring substituents is 1. The minimum Gasteiger partial charge on any atom is -0.462 e. The lowest BCUT2D eigenvalue weighted by Crippen LogP contribution is -2.33. The summed E-state index contributed by atoms with van der Waals surface area (Å²) in [5.74, 6) is 1.13. The number of fused-ring (bicyclic) bond motifs is 1. The van der Waals surface area contributed by atoms with Crippen molar-refractivity contribution >= 4 is 40.0 Å². The Labute approximate surface area is 165 Å². The average Bonchev–Trinajstić information content (AvgIpc) is 3.53. The van der Waals surface area contributed by atoms with Crippen molar-refractivity contribution < 1.29 is 14.5 Å². The summed E-state index contributed by atoms with van der Waals surface area (Å²) in [6, 6.07) is 3.27. The van der Waals surface area contributed by atoms with Gasteiger partial charge >= 0.3 is 5.97 Å². The Kier molecular flexibility index (Phi) is 5.01. The van der Waals surface area contributed by atoms with E-state index >= 15 is 0 Å². The summed E-state index contributed by atoms with van der Waals surface area (Å²) in [4.78, 5) is 38.5. The number of nitro groups is 1. The van der Waals surface area contributed by atoms with E-state index in [1.54, 1.807) is 19.2 Å². The smallest absolute Gasteiger partial charge is 0.343 e. The van der Waals surface area contributed by atoms with Crippen molar-refractivity contribution in [1.82, 2.24) is 4.57 Å². The second-order valence-electron chi connectivity index (χ2n) is 6.95. The number of anilines is 1. The van der Waals surface area contributed by atoms with Gasteiger partial charge in [-0.1, -0.05) is 0 Å². The third kappa shape index (κ3) is 3.34. The van der Waals surface area contributed by atoms with E-state index in [-0.39, 0.29) is 29.3 Å². The van der Waals surface area contributed by atoms with Gasteiger partial charge in [-0.05, 0) is 25.8 Å². The van der Waals surface area contributed by atoms with Gasteiger partial charge in [0.1, 0.15) is 11.3 Å². The zero-order valence-corrected chi connectivity index (χ0v) is 16.4. The summed E-state index contributed by atoms with van der Waals surface area (Å²) >= 11 is 1.82. The molecule has 148 valence electrons. The van der Waals surface area contributed by atoms with Gasteiger partial charge in [-0.2, -0.15) is 11.8 Å². The lowest BCUT2D eigenvalue weighted by Gasteiger charge is -2.28. The molecule has 2 aliphatic rings. The quantitative estimate of drug-likeness (QED) is 0.430. The van der Waals surface area contributed by atoms with Crippen LogP contribution in [0.25, 0.3) is 10.9 Å². The Hall–Kier alpha value is -2.55. The maximum atomic E-state index is 12.9. The van der Waals surface area contributed by atoms with E-state index in [4.69, 9.17) is 4.74 Å². The van der Waals surface area contributed by atoms with Gasteiger partial charge in [-0.3, -0.25) is 14.9 Å². The minimum absolute atomic E-state index is 0.0716. The molecule has 8 nitrogen and oxygen atoms in total. The number of pyridine rings is 1. The molecule has 1 aromatic carbocycles. The Balaban J connectivity index is 1.96. The highest BCUT2D eigenvalue weighted by molar-refractivity contribution is 7.99. The fraction of sp³-hybridized carbons (Fsp3) is 0.474. The summed E-state index contributed by atoms with van der Waals surface area (Å²) in [6.07, 6.45) is 3.46. The molecule has 1 aromatic heterocycles. The van der Waals surface area contributed by atoms with Crippen LogP contribution in [0.3, 0.4) is 0 Å². The average molecular weight is 403 g/mol. The summed E-state index contributed by atoms with van der Waals surface area (Å²) in [6.45, 7) is 3.29. The van der Waals surface area contributed by atoms with Gasteiger partial charge < -0.3 is 14.2 Å². The van der Waals surface area contributed by atoms with E-state index < -0.39 is 16.3 Å². The molecule has 0 amide bonds. The highest BCUT2D eigenvalue weighted by Gasteiger charge is 2.30. The van der Waals surface area contributed by atoms with Crippen LogP contribution in [-0.4, -0.2) is 46.7 Å². The van der Waals surface area contributed by atoms with Gasteiger partial charge in [-0.25, -0.2) is 4.79 Å². The van der Waals surface area contributed by atoms with Crippen LogP contribution >= 0.6 is 11.8 Å². The number of esters is 1. The molecular formula is C19H21N3O5S. The molecule has 0 spiro atoms. The molecule has 0 unspecified atom stereocenters. The fourth-order valence-electron chi connectivity index (χ4n) is 3.59. The van der Waals surface area contributed by atoms with E-state index in [9.17, 15) is 19.7 Å². The fourth-order valence-corrected chi connectivity index (χ4v) is 4.49. The zero-order valence-electron chi connectivity index (χ0n) is 15.6. The summed E-state index contributed by atoms with van der Waals surface area (Å²) in [5, 5.41) is 11.9. The van der Waals surface area contributed by atoms with Crippen LogP contribution in [0.15, 0.2) is 23.1 Å². The van der Waals surface area contributed by atoms with Gasteiger partial charge in [-0.15, -0.1) is 0 Å². The molecule has 0 N–H and O–H groups in total. The van der Waals surface area contributed by atoms with Crippen molar-refractivity contribution in [1.29, 1.82) is 0 Å². The number of benzene rings is 1. The molecule has 4 rings (SSSR count). The van der Waals surface area contributed by atoms with Crippen LogP contribution in [0, 0.1) is 10.1 Å². The van der Waals surface area contributed by atoms with Gasteiger partial charge in [0.15, 0.2) is 0 Å². The van der Waals surface area contributed by atoms with E-state index in [2.05, 4.69) is 0 Å². The summed E-state index contributed by atoms with van der Waals surface area (Å²) in [5.41, 5.74) is 0.488. The molecule has 1 saturated carbocycles. The number of aromatic nitrogens is 1. The van der Waals surface area contributed by atoms with E-state index in [0.29, 0.717) is 11.2 Å². The van der Waals surface area contributed by atoms with E-state index in [1.165, 1.54) is 6.07 Å². The van der Waals surface area contributed by atoms with Crippen molar-refractivity contribution in [3.05, 3.63) is 44.2 Å². The van der Waals surface area contributed by atoms with Gasteiger partial charge in [0.2, 0.25) is 5.43 Å². The van der Waals surface area contributed by atoms with E-state index in [0.717, 1.165) is 37.4 Å². The van der Waals surface area contributed by atoms with Crippen LogP contribution in [-0.2, 0) is 4.74 Å². The summed E-state index contributed by atoms with van der Waals surface area (Å²) in [7, 11) is 0. The van der Waals surface area contributed by atoms with Gasteiger partial charge in [0.05, 0.1) is 22.4 Å². The van der Waals surface area contributed by atoms with Crippen LogP contribution in [0.5, 0.6) is 0 Å². The van der Waals surface area contributed by atoms with E-state index in [1.807, 2.05) is 21.2 Å². The lowest BCUT2D eigenvalue weighted by molar-refractivity contribution is -0.384. The SMILES string of the molecule is CCOC(=O)c1cn(C2CC2)c2cc(N3CCSCC3)c([N+](=O)[O-])cc2c1=O. The third-order valence-corrected chi connectivity index (χ3v) is 6.06. The van der Waals surface area contributed by atoms with Gasteiger partial charge in [0, 0.05) is 42.9 Å². The molecule has 1 saturated heterocycles. The monoisotopic (exact) mass is 403 g/mol. The predicted octanol–water partition coefficient (Wildman–Crippen LogP) is 2.97. The van der Waals surface area contributed by atoms with Crippen LogP contribution in [0.2, 0.25) is 0 Å². The van der Waals surface area contributed by atoms with Gasteiger partial charge in [0.25, 0.3) is 5.69 Å². The highest BCUT2D eigenvalue weighted by atomic mass is 32.2. The van der Waals surface area contributed by atoms with Crippen LogP contribution < -0.4 is 10.3 Å². The Morgan fingerprint density at radius 1 is 1.32 bits per heavy atom. The minimum atomic E-state index is -0.691. The first-order valence-corrected chi connectivity index (χ1v) is 10.5. The predicted molar refractivity (Wildman–Crippen MR) is 109 cm³/mol. The molecule has 2 aromatic rings. The second kappa shape index (κ2) is 7.46. The molecule has 0 atom stereocenters. The van der Waals surface area contributed by atoms with Crippen molar-refractivity contribution in [3.8, 4) is 0 Å². The first kappa shape index (κ1) is 18.8. The normalized spacial score (nSPS) is 17.0. The number of thioether (sulfide) groups is 1. The third-order valence-electron chi connectivity index (χ3n) is 5.11. The lowest BCUT2D eigenvalue weighted by atomic mass is 10.1. The maximum Gasteiger partial charge on any atom is 0.343 e. The molecule has 1 aliphatic heterocycles. The number of rotatable bonds is 5. The zero-order chi connectivity index (χ0) is 19.8. The first-order chi connectivity index (χ1) is 13.5. The number of hydrogen-bond acceptors (Lipinski definition) is 7. The highest BCUT2D eigenvalue weighted by Crippen LogP contribution is 2.40. The molecular weight excluding hydrogens is 382 g/mol.